The highest BCUT2D eigenvalue weighted by atomic mass is 35.5. The van der Waals surface area contributed by atoms with Gasteiger partial charge in [-0.25, -0.2) is 9.69 Å². The molecule has 1 aliphatic heterocycles. The Morgan fingerprint density at radius 2 is 1.89 bits per heavy atom. The van der Waals surface area contributed by atoms with Gasteiger partial charge in [-0.15, -0.1) is 0 Å². The lowest BCUT2D eigenvalue weighted by Crippen LogP contribution is -2.61. The van der Waals surface area contributed by atoms with Gasteiger partial charge >= 0.3 is 6.03 Å². The maximum atomic E-state index is 13.1. The number of imide groups is 1. The number of hydrogen-bond donors (Lipinski definition) is 1. The summed E-state index contributed by atoms with van der Waals surface area (Å²) in [4.78, 5) is 31.1. The van der Waals surface area contributed by atoms with Crippen molar-refractivity contribution < 1.29 is 9.59 Å². The summed E-state index contributed by atoms with van der Waals surface area (Å²) in [5.74, 6) is -0.206. The number of halogens is 2. The van der Waals surface area contributed by atoms with Crippen LogP contribution in [0.1, 0.15) is 36.3 Å². The van der Waals surface area contributed by atoms with E-state index < -0.39 is 6.03 Å². The van der Waals surface area contributed by atoms with Gasteiger partial charge in [0.25, 0.3) is 0 Å². The number of pyridine rings is 1. The molecule has 1 aromatic carbocycles. The second-order valence-electron chi connectivity index (χ2n) is 7.13. The van der Waals surface area contributed by atoms with E-state index in [1.807, 2.05) is 24.3 Å². The molecular formula is C20H19Cl2N3O2. The molecule has 1 saturated heterocycles. The Morgan fingerprint density at radius 3 is 2.67 bits per heavy atom. The van der Waals surface area contributed by atoms with Gasteiger partial charge in [0.2, 0.25) is 5.91 Å². The number of hydrogen-bond acceptors (Lipinski definition) is 3. The van der Waals surface area contributed by atoms with Crippen molar-refractivity contribution >= 4 is 40.8 Å². The van der Waals surface area contributed by atoms with Crippen LogP contribution in [0.2, 0.25) is 10.0 Å². The molecule has 0 radical (unpaired) electrons. The Bertz CT molecular complexity index is 918. The van der Waals surface area contributed by atoms with Gasteiger partial charge in [0.15, 0.2) is 0 Å². The number of benzene rings is 1. The molecule has 140 valence electrons. The third-order valence-electron chi connectivity index (χ3n) is 5.61. The monoisotopic (exact) mass is 403 g/mol. The Hall–Kier alpha value is -2.11. The lowest BCUT2D eigenvalue weighted by molar-refractivity contribution is -0.124. The molecule has 2 heterocycles. The van der Waals surface area contributed by atoms with Gasteiger partial charge in [-0.2, -0.15) is 0 Å². The third-order valence-corrected chi connectivity index (χ3v) is 6.34. The molecule has 3 atom stereocenters. The molecule has 3 amide bonds. The summed E-state index contributed by atoms with van der Waals surface area (Å²) >= 11 is 12.5. The van der Waals surface area contributed by atoms with Crippen LogP contribution in [-0.2, 0) is 4.79 Å². The van der Waals surface area contributed by atoms with Gasteiger partial charge in [0, 0.05) is 17.3 Å². The number of aromatic nitrogens is 1. The van der Waals surface area contributed by atoms with Gasteiger partial charge in [0.1, 0.15) is 0 Å². The zero-order valence-electron chi connectivity index (χ0n) is 14.8. The number of carbonyl (C=O) groups excluding carboxylic acids is 2. The average molecular weight is 404 g/mol. The van der Waals surface area contributed by atoms with E-state index in [2.05, 4.69) is 10.3 Å². The second kappa shape index (κ2) is 7.13. The van der Waals surface area contributed by atoms with Crippen LogP contribution in [0, 0.1) is 12.8 Å². The first-order valence-electron chi connectivity index (χ1n) is 8.96. The van der Waals surface area contributed by atoms with Gasteiger partial charge in [0.05, 0.1) is 22.8 Å². The number of carbonyl (C=O) groups is 2. The minimum Gasteiger partial charge on any atom is -0.334 e. The number of anilines is 1. The number of nitrogens with zero attached hydrogens (tertiary/aromatic N) is 2. The smallest absolute Gasteiger partial charge is 0.329 e. The molecule has 0 spiro atoms. The first-order chi connectivity index (χ1) is 13.0. The fourth-order valence-electron chi connectivity index (χ4n) is 4.15. The van der Waals surface area contributed by atoms with E-state index in [1.165, 1.54) is 17.3 Å². The lowest BCUT2D eigenvalue weighted by atomic mass is 9.74. The highest BCUT2D eigenvalue weighted by Crippen LogP contribution is 2.41. The lowest BCUT2D eigenvalue weighted by Gasteiger charge is -2.42. The molecule has 3 unspecified atom stereocenters. The molecular weight excluding hydrogens is 385 g/mol. The van der Waals surface area contributed by atoms with Gasteiger partial charge in [-0.05, 0) is 49.3 Å². The quantitative estimate of drug-likeness (QED) is 0.789. The minimum atomic E-state index is -0.423. The molecule has 4 rings (SSSR count). The van der Waals surface area contributed by atoms with Crippen molar-refractivity contribution in [3.8, 4) is 0 Å². The first kappa shape index (κ1) is 18.3. The first-order valence-corrected chi connectivity index (χ1v) is 9.72. The summed E-state index contributed by atoms with van der Waals surface area (Å²) in [7, 11) is 0. The maximum Gasteiger partial charge on any atom is 0.329 e. The number of rotatable bonds is 2. The summed E-state index contributed by atoms with van der Waals surface area (Å²) in [5, 5.41) is 4.18. The zero-order valence-corrected chi connectivity index (χ0v) is 16.3. The molecule has 1 N–H and O–H groups in total. The van der Waals surface area contributed by atoms with Gasteiger partial charge in [-0.3, -0.25) is 9.78 Å². The van der Waals surface area contributed by atoms with Crippen molar-refractivity contribution in [2.75, 3.05) is 4.90 Å². The van der Waals surface area contributed by atoms with Crippen molar-refractivity contribution in [3.63, 3.8) is 0 Å². The molecule has 5 nitrogen and oxygen atoms in total. The van der Waals surface area contributed by atoms with Crippen molar-refractivity contribution in [1.29, 1.82) is 0 Å². The summed E-state index contributed by atoms with van der Waals surface area (Å²) < 4.78 is 0. The molecule has 0 bridgehead atoms. The highest BCUT2D eigenvalue weighted by molar-refractivity contribution is 6.32. The van der Waals surface area contributed by atoms with E-state index in [0.29, 0.717) is 29.1 Å². The summed E-state index contributed by atoms with van der Waals surface area (Å²) in [5.41, 5.74) is 2.19. The largest absolute Gasteiger partial charge is 0.334 e. The zero-order chi connectivity index (χ0) is 19.1. The summed E-state index contributed by atoms with van der Waals surface area (Å²) in [6.45, 7) is 1.78. The van der Waals surface area contributed by atoms with Crippen LogP contribution in [0.15, 0.2) is 36.7 Å². The number of fused-ring (bicyclic) bond motifs is 1. The summed E-state index contributed by atoms with van der Waals surface area (Å²) in [6, 6.07) is 7.16. The Kier molecular flexibility index (Phi) is 4.82. The molecule has 1 aliphatic carbocycles. The normalized spacial score (nSPS) is 25.1. The highest BCUT2D eigenvalue weighted by Gasteiger charge is 2.45. The molecule has 1 saturated carbocycles. The van der Waals surface area contributed by atoms with Crippen LogP contribution < -0.4 is 10.2 Å². The summed E-state index contributed by atoms with van der Waals surface area (Å²) in [6.07, 6.45) is 5.27. The fraction of sp³-hybridized carbons (Fsp3) is 0.350. The van der Waals surface area contributed by atoms with Crippen LogP contribution in [0.5, 0.6) is 0 Å². The topological polar surface area (TPSA) is 62.3 Å². The minimum absolute atomic E-state index is 0.187. The third kappa shape index (κ3) is 3.19. The average Bonchev–Trinajstić information content (AvgIpc) is 2.65. The van der Waals surface area contributed by atoms with Crippen LogP contribution in [-0.4, -0.2) is 23.0 Å². The van der Waals surface area contributed by atoms with Crippen LogP contribution in [0.25, 0.3) is 0 Å². The molecule has 2 aromatic rings. The van der Waals surface area contributed by atoms with Crippen LogP contribution in [0.4, 0.5) is 10.5 Å². The van der Waals surface area contributed by atoms with Crippen molar-refractivity contribution in [1.82, 2.24) is 10.3 Å². The molecule has 2 fully saturated rings. The van der Waals surface area contributed by atoms with Gasteiger partial charge < -0.3 is 5.32 Å². The van der Waals surface area contributed by atoms with E-state index in [-0.39, 0.29) is 23.8 Å². The standard InChI is InChI=1S/C20H19Cl2N3O2/c1-11-16(22)9-23-10-18(11)25-19(26)14-7-6-12(8-17(14)24-20(25)27)13-4-2-3-5-15(13)21/h2-5,9-10,12,14,17H,6-8H2,1H3,(H,24,27). The molecule has 7 heteroatoms. The molecule has 2 aliphatic rings. The molecule has 1 aromatic heterocycles. The van der Waals surface area contributed by atoms with E-state index in [9.17, 15) is 9.59 Å². The van der Waals surface area contributed by atoms with Crippen LogP contribution in [0.3, 0.4) is 0 Å². The SMILES string of the molecule is Cc1c(Cl)cncc1N1C(=O)NC2CC(c3ccccc3Cl)CCC2C1=O. The fourth-order valence-corrected chi connectivity index (χ4v) is 4.59. The predicted octanol–water partition coefficient (Wildman–Crippen LogP) is 4.71. The van der Waals surface area contributed by atoms with E-state index >= 15 is 0 Å². The second-order valence-corrected chi connectivity index (χ2v) is 7.95. The van der Waals surface area contributed by atoms with E-state index in [0.717, 1.165) is 17.0 Å². The Morgan fingerprint density at radius 1 is 1.11 bits per heavy atom. The number of nitrogens with one attached hydrogen (secondary N) is 1. The van der Waals surface area contributed by atoms with Crippen molar-refractivity contribution in [2.45, 2.75) is 38.1 Å². The number of urea groups is 1. The van der Waals surface area contributed by atoms with Crippen molar-refractivity contribution in [3.05, 3.63) is 57.8 Å². The Labute approximate surface area is 167 Å². The van der Waals surface area contributed by atoms with Gasteiger partial charge in [-0.1, -0.05) is 41.4 Å². The van der Waals surface area contributed by atoms with E-state index in [1.54, 1.807) is 6.92 Å². The Balaban J connectivity index is 1.59. The van der Waals surface area contributed by atoms with E-state index in [4.69, 9.17) is 23.2 Å². The van der Waals surface area contributed by atoms with Crippen molar-refractivity contribution in [2.24, 2.45) is 5.92 Å². The number of amides is 3. The predicted molar refractivity (Wildman–Crippen MR) is 105 cm³/mol. The maximum absolute atomic E-state index is 13.1. The molecule has 27 heavy (non-hydrogen) atoms. The van der Waals surface area contributed by atoms with Crippen LogP contribution >= 0.6 is 23.2 Å².